The van der Waals surface area contributed by atoms with Crippen LogP contribution < -0.4 is 10.1 Å². The molecule has 0 spiro atoms. The maximum Gasteiger partial charge on any atom is 0.227 e. The first-order chi connectivity index (χ1) is 9.69. The van der Waals surface area contributed by atoms with Crippen LogP contribution in [0, 0.1) is 10.1 Å². The Labute approximate surface area is 117 Å². The number of ether oxygens (including phenoxy) is 1. The maximum absolute atomic E-state index is 10.8. The van der Waals surface area contributed by atoms with Crippen molar-refractivity contribution in [1.29, 1.82) is 0 Å². The fourth-order valence-electron chi connectivity index (χ4n) is 1.96. The number of nitrogens with one attached hydrogen (secondary N) is 1. The molecule has 0 aliphatic carbocycles. The molecule has 2 aromatic rings. The van der Waals surface area contributed by atoms with Crippen molar-refractivity contribution in [3.63, 3.8) is 0 Å². The van der Waals surface area contributed by atoms with Gasteiger partial charge in [-0.2, -0.15) is 0 Å². The molecular formula is C15H16N2O3. The third-order valence-electron chi connectivity index (χ3n) is 2.96. The lowest BCUT2D eigenvalue weighted by atomic mass is 10.1. The zero-order valence-corrected chi connectivity index (χ0v) is 11.2. The topological polar surface area (TPSA) is 64.4 Å². The van der Waals surface area contributed by atoms with E-state index in [9.17, 15) is 10.1 Å². The summed E-state index contributed by atoms with van der Waals surface area (Å²) in [4.78, 5) is 10.5. The number of nitrogens with zero attached hydrogens (tertiary/aromatic N) is 1. The van der Waals surface area contributed by atoms with Crippen LogP contribution in [0.15, 0.2) is 54.6 Å². The minimum Gasteiger partial charge on any atom is -0.497 e. The van der Waals surface area contributed by atoms with Crippen molar-refractivity contribution in [3.8, 4) is 5.75 Å². The second-order valence-corrected chi connectivity index (χ2v) is 4.35. The highest BCUT2D eigenvalue weighted by Gasteiger charge is 2.17. The Hall–Kier alpha value is -2.56. The second kappa shape index (κ2) is 6.56. The molecule has 0 radical (unpaired) electrons. The summed E-state index contributed by atoms with van der Waals surface area (Å²) in [7, 11) is 1.60. The number of hydrogen-bond donors (Lipinski definition) is 1. The molecule has 2 rings (SSSR count). The number of methoxy groups -OCH3 is 1. The molecule has 0 saturated heterocycles. The molecule has 0 aromatic heterocycles. The van der Waals surface area contributed by atoms with E-state index in [1.807, 2.05) is 54.6 Å². The molecule has 0 unspecified atom stereocenters. The van der Waals surface area contributed by atoms with Crippen LogP contribution in [0.2, 0.25) is 0 Å². The number of rotatable bonds is 6. The highest BCUT2D eigenvalue weighted by atomic mass is 16.6. The molecule has 0 amide bonds. The van der Waals surface area contributed by atoms with E-state index in [-0.39, 0.29) is 17.5 Å². The van der Waals surface area contributed by atoms with Crippen LogP contribution in [0.1, 0.15) is 11.6 Å². The molecule has 104 valence electrons. The van der Waals surface area contributed by atoms with Gasteiger partial charge in [-0.15, -0.1) is 0 Å². The summed E-state index contributed by atoms with van der Waals surface area (Å²) >= 11 is 0. The molecular weight excluding hydrogens is 256 g/mol. The normalized spacial score (nSPS) is 11.7. The van der Waals surface area contributed by atoms with Gasteiger partial charge in [0.25, 0.3) is 0 Å². The van der Waals surface area contributed by atoms with E-state index in [1.54, 1.807) is 7.11 Å². The van der Waals surface area contributed by atoms with Gasteiger partial charge >= 0.3 is 0 Å². The first kappa shape index (κ1) is 13.9. The van der Waals surface area contributed by atoms with Crippen LogP contribution in [0.3, 0.4) is 0 Å². The number of hydrogen-bond acceptors (Lipinski definition) is 4. The Morgan fingerprint density at radius 3 is 2.35 bits per heavy atom. The Morgan fingerprint density at radius 1 is 1.15 bits per heavy atom. The zero-order chi connectivity index (χ0) is 14.4. The van der Waals surface area contributed by atoms with Crippen LogP contribution in [0.5, 0.6) is 5.75 Å². The van der Waals surface area contributed by atoms with E-state index >= 15 is 0 Å². The molecule has 0 fully saturated rings. The molecule has 0 aliphatic heterocycles. The second-order valence-electron chi connectivity index (χ2n) is 4.35. The Morgan fingerprint density at radius 2 is 1.80 bits per heavy atom. The molecule has 5 nitrogen and oxygen atoms in total. The van der Waals surface area contributed by atoms with Crippen molar-refractivity contribution < 1.29 is 9.66 Å². The summed E-state index contributed by atoms with van der Waals surface area (Å²) in [6.07, 6.45) is 0. The van der Waals surface area contributed by atoms with Crippen molar-refractivity contribution in [2.45, 2.75) is 6.04 Å². The van der Waals surface area contributed by atoms with Gasteiger partial charge in [-0.05, 0) is 29.8 Å². The van der Waals surface area contributed by atoms with Gasteiger partial charge in [-0.3, -0.25) is 10.1 Å². The fourth-order valence-corrected chi connectivity index (χ4v) is 1.96. The van der Waals surface area contributed by atoms with Gasteiger partial charge in [-0.25, -0.2) is 0 Å². The van der Waals surface area contributed by atoms with Crippen LogP contribution in [-0.4, -0.2) is 18.6 Å². The van der Waals surface area contributed by atoms with Crippen LogP contribution >= 0.6 is 0 Å². The predicted octanol–water partition coefficient (Wildman–Crippen LogP) is 3.13. The van der Waals surface area contributed by atoms with E-state index in [2.05, 4.69) is 5.32 Å². The molecule has 0 heterocycles. The first-order valence-electron chi connectivity index (χ1n) is 6.26. The molecule has 5 heteroatoms. The third kappa shape index (κ3) is 3.71. The van der Waals surface area contributed by atoms with E-state index in [0.29, 0.717) is 0 Å². The van der Waals surface area contributed by atoms with Crippen LogP contribution in [0.4, 0.5) is 5.69 Å². The van der Waals surface area contributed by atoms with Crippen molar-refractivity contribution in [1.82, 2.24) is 0 Å². The SMILES string of the molecule is COc1ccc(N[C@@H](C[N+](=O)[O-])c2ccccc2)cc1. The lowest BCUT2D eigenvalue weighted by Gasteiger charge is -2.17. The molecule has 1 N–H and O–H groups in total. The summed E-state index contributed by atoms with van der Waals surface area (Å²) in [5.74, 6) is 0.751. The number of anilines is 1. The van der Waals surface area contributed by atoms with E-state index in [0.717, 1.165) is 17.0 Å². The van der Waals surface area contributed by atoms with Crippen molar-refractivity contribution >= 4 is 5.69 Å². The van der Waals surface area contributed by atoms with E-state index < -0.39 is 0 Å². The highest BCUT2D eigenvalue weighted by Crippen LogP contribution is 2.22. The molecule has 0 bridgehead atoms. The van der Waals surface area contributed by atoms with Gasteiger partial charge in [0.1, 0.15) is 11.8 Å². The van der Waals surface area contributed by atoms with Crippen LogP contribution in [0.25, 0.3) is 0 Å². The van der Waals surface area contributed by atoms with Gasteiger partial charge in [0.15, 0.2) is 0 Å². The van der Waals surface area contributed by atoms with Crippen LogP contribution in [-0.2, 0) is 0 Å². The summed E-state index contributed by atoms with van der Waals surface area (Å²) in [5, 5.41) is 14.0. The summed E-state index contributed by atoms with van der Waals surface area (Å²) in [6, 6.07) is 16.3. The van der Waals surface area contributed by atoms with Gasteiger partial charge in [0, 0.05) is 10.6 Å². The molecule has 0 saturated carbocycles. The summed E-state index contributed by atoms with van der Waals surface area (Å²) < 4.78 is 5.09. The molecule has 0 aliphatic rings. The van der Waals surface area contributed by atoms with E-state index in [4.69, 9.17) is 4.74 Å². The van der Waals surface area contributed by atoms with Crippen molar-refractivity contribution in [2.24, 2.45) is 0 Å². The average Bonchev–Trinajstić information content (AvgIpc) is 2.48. The van der Waals surface area contributed by atoms with Gasteiger partial charge in [0.2, 0.25) is 6.54 Å². The van der Waals surface area contributed by atoms with Gasteiger partial charge < -0.3 is 10.1 Å². The average molecular weight is 272 g/mol. The van der Waals surface area contributed by atoms with Crippen molar-refractivity contribution in [2.75, 3.05) is 19.0 Å². The minimum absolute atomic E-state index is 0.171. The minimum atomic E-state index is -0.361. The van der Waals surface area contributed by atoms with E-state index in [1.165, 1.54) is 0 Å². The lowest BCUT2D eigenvalue weighted by Crippen LogP contribution is -2.20. The quantitative estimate of drug-likeness (QED) is 0.648. The largest absolute Gasteiger partial charge is 0.497 e. The lowest BCUT2D eigenvalue weighted by molar-refractivity contribution is -0.482. The predicted molar refractivity (Wildman–Crippen MR) is 77.7 cm³/mol. The van der Waals surface area contributed by atoms with Crippen molar-refractivity contribution in [3.05, 3.63) is 70.3 Å². The highest BCUT2D eigenvalue weighted by molar-refractivity contribution is 5.48. The maximum atomic E-state index is 10.8. The zero-order valence-electron chi connectivity index (χ0n) is 11.2. The smallest absolute Gasteiger partial charge is 0.227 e. The fraction of sp³-hybridized carbons (Fsp3) is 0.200. The molecule has 20 heavy (non-hydrogen) atoms. The number of nitro groups is 1. The van der Waals surface area contributed by atoms with Gasteiger partial charge in [0.05, 0.1) is 7.11 Å². The number of benzene rings is 2. The molecule has 1 atom stereocenters. The van der Waals surface area contributed by atoms with Gasteiger partial charge in [-0.1, -0.05) is 30.3 Å². The Balaban J connectivity index is 2.16. The third-order valence-corrected chi connectivity index (χ3v) is 2.96. The first-order valence-corrected chi connectivity index (χ1v) is 6.26. The molecule has 2 aromatic carbocycles. The summed E-state index contributed by atoms with van der Waals surface area (Å²) in [5.41, 5.74) is 1.71. The monoisotopic (exact) mass is 272 g/mol. The Bertz CT molecular complexity index is 555. The summed E-state index contributed by atoms with van der Waals surface area (Å²) in [6.45, 7) is -0.171. The Kier molecular flexibility index (Phi) is 4.55. The standard InChI is InChI=1S/C15H16N2O3/c1-20-14-9-7-13(8-10-14)16-15(11-17(18)19)12-5-3-2-4-6-12/h2-10,15-16H,11H2,1H3/t15-/m0/s1.